The lowest BCUT2D eigenvalue weighted by Gasteiger charge is -2.11. The Kier molecular flexibility index (Phi) is 8.07. The van der Waals surface area contributed by atoms with Crippen molar-refractivity contribution < 1.29 is 27.9 Å². The van der Waals surface area contributed by atoms with Crippen molar-refractivity contribution in [2.45, 2.75) is 13.3 Å². The van der Waals surface area contributed by atoms with Crippen molar-refractivity contribution >= 4 is 29.6 Å². The minimum atomic E-state index is -0.802. The molecule has 0 spiro atoms. The van der Waals surface area contributed by atoms with Gasteiger partial charge in [0, 0.05) is 37.5 Å². The van der Waals surface area contributed by atoms with Crippen molar-refractivity contribution in [2.75, 3.05) is 17.2 Å². The van der Waals surface area contributed by atoms with Crippen LogP contribution in [0.2, 0.25) is 0 Å². The molecule has 0 aliphatic rings. The van der Waals surface area contributed by atoms with Crippen LogP contribution in [0, 0.1) is 18.6 Å². The van der Waals surface area contributed by atoms with E-state index in [0.717, 1.165) is 17.9 Å². The van der Waals surface area contributed by atoms with Gasteiger partial charge in [-0.25, -0.2) is 13.6 Å². The zero-order valence-electron chi connectivity index (χ0n) is 20.2. The van der Waals surface area contributed by atoms with E-state index in [1.165, 1.54) is 36.7 Å². The minimum absolute atomic E-state index is 0.0240. The standard InChI is InChI=1S/C27H23F2N5O4/c1-16-3-5-20(28)23(11-16)34-27(37)33-22-6-4-18(13-21(22)29)38-19-7-9-30-25(14-19)24-12-17(15-32-24)26(36)31-8-2-10-35/h3-7,9-15,32H,2,8H2,1H3,(H,31,36)(H2,33,34,37). The van der Waals surface area contributed by atoms with Gasteiger partial charge in [0.2, 0.25) is 0 Å². The van der Waals surface area contributed by atoms with Crippen LogP contribution < -0.4 is 20.7 Å². The maximum Gasteiger partial charge on any atom is 0.323 e. The molecule has 0 fully saturated rings. The smallest absolute Gasteiger partial charge is 0.323 e. The lowest BCUT2D eigenvalue weighted by Crippen LogP contribution is -2.24. The van der Waals surface area contributed by atoms with Gasteiger partial charge in [-0.2, -0.15) is 0 Å². The molecule has 0 saturated carbocycles. The zero-order chi connectivity index (χ0) is 27.1. The van der Waals surface area contributed by atoms with Crippen molar-refractivity contribution in [2.24, 2.45) is 0 Å². The lowest BCUT2D eigenvalue weighted by molar-refractivity contribution is -0.107. The monoisotopic (exact) mass is 519 g/mol. The summed E-state index contributed by atoms with van der Waals surface area (Å²) in [6.07, 6.45) is 3.96. The minimum Gasteiger partial charge on any atom is -0.457 e. The van der Waals surface area contributed by atoms with Crippen LogP contribution in [0.3, 0.4) is 0 Å². The van der Waals surface area contributed by atoms with Crippen LogP contribution in [0.1, 0.15) is 22.3 Å². The molecule has 38 heavy (non-hydrogen) atoms. The molecule has 11 heteroatoms. The number of aryl methyl sites for hydroxylation is 1. The molecule has 194 valence electrons. The second-order valence-electron chi connectivity index (χ2n) is 8.20. The first kappa shape index (κ1) is 26.0. The Morgan fingerprint density at radius 1 is 0.974 bits per heavy atom. The SMILES string of the molecule is Cc1ccc(F)c(NC(=O)Nc2ccc(Oc3ccnc(-c4cc(C(=O)NCCC=O)c[nH]4)c3)cc2F)c1. The molecule has 3 amide bonds. The number of rotatable bonds is 9. The summed E-state index contributed by atoms with van der Waals surface area (Å²) in [5.74, 6) is -1.18. The van der Waals surface area contributed by atoms with Gasteiger partial charge in [0.25, 0.3) is 5.91 Å². The molecule has 4 N–H and O–H groups in total. The fourth-order valence-electron chi connectivity index (χ4n) is 3.45. The van der Waals surface area contributed by atoms with Crippen LogP contribution in [0.5, 0.6) is 11.5 Å². The Bertz CT molecular complexity index is 1490. The number of aldehydes is 1. The highest BCUT2D eigenvalue weighted by Crippen LogP contribution is 2.28. The number of ether oxygens (including phenoxy) is 1. The summed E-state index contributed by atoms with van der Waals surface area (Å²) < 4.78 is 34.3. The summed E-state index contributed by atoms with van der Waals surface area (Å²) in [5.41, 5.74) is 2.01. The van der Waals surface area contributed by atoms with Gasteiger partial charge in [0.15, 0.2) is 0 Å². The highest BCUT2D eigenvalue weighted by Gasteiger charge is 2.13. The second-order valence-corrected chi connectivity index (χ2v) is 8.20. The highest BCUT2D eigenvalue weighted by atomic mass is 19.1. The molecular weight excluding hydrogens is 496 g/mol. The van der Waals surface area contributed by atoms with Crippen LogP contribution in [0.25, 0.3) is 11.4 Å². The molecule has 4 aromatic rings. The maximum absolute atomic E-state index is 14.7. The highest BCUT2D eigenvalue weighted by molar-refractivity contribution is 6.00. The number of H-pyrrole nitrogens is 1. The molecule has 2 aromatic carbocycles. The fourth-order valence-corrected chi connectivity index (χ4v) is 3.45. The number of aromatic amines is 1. The van der Waals surface area contributed by atoms with E-state index < -0.39 is 17.7 Å². The number of hydrogen-bond donors (Lipinski definition) is 4. The maximum atomic E-state index is 14.7. The molecule has 9 nitrogen and oxygen atoms in total. The van der Waals surface area contributed by atoms with Gasteiger partial charge in [0.1, 0.15) is 29.4 Å². The van der Waals surface area contributed by atoms with Crippen LogP contribution >= 0.6 is 0 Å². The molecule has 0 aliphatic carbocycles. The second kappa shape index (κ2) is 11.8. The summed E-state index contributed by atoms with van der Waals surface area (Å²) in [6.45, 7) is 1.99. The van der Waals surface area contributed by atoms with Gasteiger partial charge in [-0.1, -0.05) is 6.07 Å². The molecule has 0 saturated heterocycles. The van der Waals surface area contributed by atoms with E-state index in [9.17, 15) is 23.2 Å². The largest absolute Gasteiger partial charge is 0.457 e. The normalized spacial score (nSPS) is 10.5. The van der Waals surface area contributed by atoms with E-state index in [4.69, 9.17) is 4.74 Å². The molecule has 0 bridgehead atoms. The van der Waals surface area contributed by atoms with E-state index in [-0.39, 0.29) is 36.0 Å². The number of carbonyl (C=O) groups is 3. The number of nitrogens with one attached hydrogen (secondary N) is 4. The number of aromatic nitrogens is 2. The Balaban J connectivity index is 1.40. The number of urea groups is 1. The van der Waals surface area contributed by atoms with E-state index >= 15 is 0 Å². The predicted molar refractivity (Wildman–Crippen MR) is 137 cm³/mol. The van der Waals surface area contributed by atoms with Gasteiger partial charge in [0.05, 0.1) is 28.3 Å². The third kappa shape index (κ3) is 6.58. The number of nitrogens with zero attached hydrogens (tertiary/aromatic N) is 1. The van der Waals surface area contributed by atoms with Gasteiger partial charge in [-0.15, -0.1) is 0 Å². The number of carbonyl (C=O) groups excluding carboxylic acids is 3. The molecule has 0 unspecified atom stereocenters. The van der Waals surface area contributed by atoms with Crippen LogP contribution in [0.4, 0.5) is 25.0 Å². The Morgan fingerprint density at radius 2 is 1.76 bits per heavy atom. The Morgan fingerprint density at radius 3 is 2.55 bits per heavy atom. The fraction of sp³-hybridized carbons (Fsp3) is 0.111. The molecule has 2 heterocycles. The molecule has 0 atom stereocenters. The first-order chi connectivity index (χ1) is 18.3. The molecule has 2 aromatic heterocycles. The quantitative estimate of drug-likeness (QED) is 0.174. The third-order valence-electron chi connectivity index (χ3n) is 5.29. The number of halogens is 2. The van der Waals surface area contributed by atoms with Crippen molar-refractivity contribution in [3.05, 3.63) is 89.8 Å². The number of benzene rings is 2. The first-order valence-corrected chi connectivity index (χ1v) is 11.5. The lowest BCUT2D eigenvalue weighted by atomic mass is 10.2. The summed E-state index contributed by atoms with van der Waals surface area (Å²) in [5, 5.41) is 7.32. The zero-order valence-corrected chi connectivity index (χ0v) is 20.2. The van der Waals surface area contributed by atoms with Gasteiger partial charge in [-0.3, -0.25) is 9.78 Å². The van der Waals surface area contributed by atoms with Gasteiger partial charge in [-0.05, 0) is 48.9 Å². The third-order valence-corrected chi connectivity index (χ3v) is 5.29. The first-order valence-electron chi connectivity index (χ1n) is 11.5. The van der Waals surface area contributed by atoms with Crippen molar-refractivity contribution in [3.8, 4) is 22.9 Å². The van der Waals surface area contributed by atoms with Crippen LogP contribution in [-0.4, -0.2) is 34.7 Å². The molecular formula is C27H23F2N5O4. The summed E-state index contributed by atoms with van der Waals surface area (Å²) in [7, 11) is 0. The van der Waals surface area contributed by atoms with Gasteiger partial charge < -0.3 is 30.5 Å². The van der Waals surface area contributed by atoms with Crippen LogP contribution in [0.15, 0.2) is 67.0 Å². The van der Waals surface area contributed by atoms with E-state index in [2.05, 4.69) is 25.9 Å². The van der Waals surface area contributed by atoms with Crippen LogP contribution in [-0.2, 0) is 4.79 Å². The summed E-state index contributed by atoms with van der Waals surface area (Å²) >= 11 is 0. The predicted octanol–water partition coefficient (Wildman–Crippen LogP) is 5.42. The summed E-state index contributed by atoms with van der Waals surface area (Å²) in [6, 6.07) is 12.1. The van der Waals surface area contributed by atoms with E-state index in [1.54, 1.807) is 31.2 Å². The average molecular weight is 520 g/mol. The Labute approximate surface area is 216 Å². The average Bonchev–Trinajstić information content (AvgIpc) is 3.39. The number of anilines is 2. The van der Waals surface area contributed by atoms with Crippen molar-refractivity contribution in [1.82, 2.24) is 15.3 Å². The van der Waals surface area contributed by atoms with Crippen molar-refractivity contribution in [1.29, 1.82) is 0 Å². The number of pyridine rings is 1. The number of amides is 3. The van der Waals surface area contributed by atoms with Crippen molar-refractivity contribution in [3.63, 3.8) is 0 Å². The molecule has 4 rings (SSSR count). The molecule has 0 aliphatic heterocycles. The van der Waals surface area contributed by atoms with E-state index in [1.807, 2.05) is 0 Å². The molecule has 0 radical (unpaired) electrons. The topological polar surface area (TPSA) is 125 Å². The van der Waals surface area contributed by atoms with Gasteiger partial charge >= 0.3 is 6.03 Å². The van der Waals surface area contributed by atoms with E-state index in [0.29, 0.717) is 22.7 Å². The number of hydrogen-bond acceptors (Lipinski definition) is 5. The Hall–Kier alpha value is -5.06. The summed E-state index contributed by atoms with van der Waals surface area (Å²) in [4.78, 5) is 42.0.